The average Bonchev–Trinajstić information content (AvgIpc) is 3.10. The maximum absolute atomic E-state index is 12.0. The van der Waals surface area contributed by atoms with Crippen LogP contribution in [-0.2, 0) is 9.47 Å². The van der Waals surface area contributed by atoms with Gasteiger partial charge in [0.1, 0.15) is 11.8 Å². The molecule has 2 fully saturated rings. The van der Waals surface area contributed by atoms with Crippen molar-refractivity contribution in [1.82, 2.24) is 4.90 Å². The van der Waals surface area contributed by atoms with Crippen molar-refractivity contribution in [1.29, 1.82) is 0 Å². The molecular weight excluding hydrogens is 326 g/mol. The van der Waals surface area contributed by atoms with Crippen molar-refractivity contribution in [2.24, 2.45) is 0 Å². The van der Waals surface area contributed by atoms with Gasteiger partial charge in [-0.25, -0.2) is 4.79 Å². The molecule has 150 valence electrons. The Hall–Kier alpha value is -1.03. The number of hydrogen-bond donors (Lipinski definition) is 0. The van der Waals surface area contributed by atoms with Gasteiger partial charge >= 0.3 is 6.09 Å². The summed E-state index contributed by atoms with van der Waals surface area (Å²) in [6.45, 7) is 6.72. The maximum Gasteiger partial charge on any atom is 0.412 e. The van der Waals surface area contributed by atoms with Crippen molar-refractivity contribution >= 4 is 6.09 Å². The number of fused-ring (bicyclic) bond motifs is 1. The van der Waals surface area contributed by atoms with Gasteiger partial charge in [-0.1, -0.05) is 70.4 Å². The Morgan fingerprint density at radius 1 is 1.00 bits per heavy atom. The lowest BCUT2D eigenvalue weighted by atomic mass is 10.0. The molecule has 0 aromatic rings. The molecule has 0 unspecified atom stereocenters. The van der Waals surface area contributed by atoms with Crippen LogP contribution < -0.4 is 0 Å². The van der Waals surface area contributed by atoms with Gasteiger partial charge in [-0.15, -0.1) is 0 Å². The summed E-state index contributed by atoms with van der Waals surface area (Å²) < 4.78 is 11.3. The van der Waals surface area contributed by atoms with Gasteiger partial charge in [-0.3, -0.25) is 4.90 Å². The van der Waals surface area contributed by atoms with Crippen LogP contribution in [0.4, 0.5) is 4.79 Å². The zero-order valence-corrected chi connectivity index (χ0v) is 17.2. The van der Waals surface area contributed by atoms with E-state index in [2.05, 4.69) is 19.1 Å². The molecule has 2 aliphatic rings. The zero-order chi connectivity index (χ0) is 18.8. The molecule has 0 aromatic heterocycles. The first kappa shape index (κ1) is 21.3. The molecule has 0 saturated carbocycles. The summed E-state index contributed by atoms with van der Waals surface area (Å²) >= 11 is 0. The molecule has 2 atom stereocenters. The molecule has 4 nitrogen and oxygen atoms in total. The number of cyclic esters (lactones) is 1. The molecule has 2 heterocycles. The van der Waals surface area contributed by atoms with Crippen LogP contribution in [0.5, 0.6) is 0 Å². The number of carbonyl (C=O) groups excluding carboxylic acids is 1. The Balaban J connectivity index is 1.47. The highest BCUT2D eigenvalue weighted by molar-refractivity contribution is 5.72. The van der Waals surface area contributed by atoms with Crippen molar-refractivity contribution in [2.45, 2.75) is 116 Å². The van der Waals surface area contributed by atoms with Crippen LogP contribution in [0.1, 0.15) is 97.8 Å². The van der Waals surface area contributed by atoms with Gasteiger partial charge < -0.3 is 9.47 Å². The molecule has 0 radical (unpaired) electrons. The predicted molar refractivity (Wildman–Crippen MR) is 106 cm³/mol. The fraction of sp³-hybridized carbons (Fsp3) is 0.864. The number of carbonyl (C=O) groups is 1. The summed E-state index contributed by atoms with van der Waals surface area (Å²) in [5, 5.41) is 0. The van der Waals surface area contributed by atoms with E-state index in [0.717, 1.165) is 12.8 Å². The van der Waals surface area contributed by atoms with E-state index in [1.807, 2.05) is 13.8 Å². The SMILES string of the molecule is CCCCCCCCCCC/C=C\CC[C@H]1OC(=O)N2[C@H]1COC2(C)C. The topological polar surface area (TPSA) is 38.8 Å². The third kappa shape index (κ3) is 6.29. The second-order valence-corrected chi connectivity index (χ2v) is 8.28. The summed E-state index contributed by atoms with van der Waals surface area (Å²) in [4.78, 5) is 13.8. The summed E-state index contributed by atoms with van der Waals surface area (Å²) in [7, 11) is 0. The van der Waals surface area contributed by atoms with Crippen molar-refractivity contribution in [3.63, 3.8) is 0 Å². The molecule has 0 N–H and O–H groups in total. The maximum atomic E-state index is 12.0. The highest BCUT2D eigenvalue weighted by Crippen LogP contribution is 2.36. The predicted octanol–water partition coefficient (Wildman–Crippen LogP) is 6.20. The third-order valence-electron chi connectivity index (χ3n) is 5.66. The average molecular weight is 366 g/mol. The van der Waals surface area contributed by atoms with E-state index in [1.54, 1.807) is 4.90 Å². The second kappa shape index (κ2) is 11.0. The van der Waals surface area contributed by atoms with Crippen molar-refractivity contribution < 1.29 is 14.3 Å². The third-order valence-corrected chi connectivity index (χ3v) is 5.66. The number of unbranched alkanes of at least 4 members (excludes halogenated alkanes) is 9. The van der Waals surface area contributed by atoms with Crippen LogP contribution in [0.3, 0.4) is 0 Å². The Morgan fingerprint density at radius 3 is 2.31 bits per heavy atom. The first-order valence-corrected chi connectivity index (χ1v) is 10.8. The van der Waals surface area contributed by atoms with E-state index in [9.17, 15) is 4.79 Å². The molecule has 2 saturated heterocycles. The number of nitrogens with zero attached hydrogens (tertiary/aromatic N) is 1. The van der Waals surface area contributed by atoms with Crippen molar-refractivity contribution in [2.75, 3.05) is 6.61 Å². The molecule has 2 rings (SSSR count). The van der Waals surface area contributed by atoms with E-state index in [4.69, 9.17) is 9.47 Å². The van der Waals surface area contributed by atoms with E-state index in [-0.39, 0.29) is 18.2 Å². The summed E-state index contributed by atoms with van der Waals surface area (Å²) in [6.07, 6.45) is 19.7. The van der Waals surface area contributed by atoms with E-state index < -0.39 is 5.72 Å². The Bertz CT molecular complexity index is 447. The van der Waals surface area contributed by atoms with Gasteiger partial charge in [0.2, 0.25) is 0 Å². The van der Waals surface area contributed by atoms with E-state index in [1.165, 1.54) is 64.2 Å². The first-order chi connectivity index (χ1) is 12.6. The fourth-order valence-electron chi connectivity index (χ4n) is 4.05. The Labute approximate surface area is 160 Å². The van der Waals surface area contributed by atoms with Gasteiger partial charge in [0, 0.05) is 0 Å². The van der Waals surface area contributed by atoms with Crippen molar-refractivity contribution in [3.05, 3.63) is 12.2 Å². The number of amides is 1. The second-order valence-electron chi connectivity index (χ2n) is 8.28. The van der Waals surface area contributed by atoms with E-state index >= 15 is 0 Å². The molecule has 26 heavy (non-hydrogen) atoms. The number of allylic oxidation sites excluding steroid dienone is 2. The number of rotatable bonds is 13. The van der Waals surface area contributed by atoms with Crippen LogP contribution in [0.25, 0.3) is 0 Å². The molecule has 1 amide bonds. The quantitative estimate of drug-likeness (QED) is 0.288. The number of ether oxygens (including phenoxy) is 2. The van der Waals surface area contributed by atoms with Crippen LogP contribution in [-0.4, -0.2) is 35.5 Å². The highest BCUT2D eigenvalue weighted by atomic mass is 16.6. The molecule has 0 aliphatic carbocycles. The van der Waals surface area contributed by atoms with E-state index in [0.29, 0.717) is 6.61 Å². The minimum atomic E-state index is -0.525. The Morgan fingerprint density at radius 2 is 1.62 bits per heavy atom. The van der Waals surface area contributed by atoms with Crippen LogP contribution in [0.2, 0.25) is 0 Å². The first-order valence-electron chi connectivity index (χ1n) is 10.8. The van der Waals surface area contributed by atoms with Crippen LogP contribution >= 0.6 is 0 Å². The lowest BCUT2D eigenvalue weighted by molar-refractivity contribution is -0.0389. The largest absolute Gasteiger partial charge is 0.444 e. The van der Waals surface area contributed by atoms with Gasteiger partial charge in [0.05, 0.1) is 12.6 Å². The standard InChI is InChI=1S/C22H39NO3/c1-4-5-6-7-8-9-10-11-12-13-14-15-16-17-20-19-18-25-22(2,3)23(19)21(24)26-20/h14-15,19-20H,4-13,16-18H2,1-3H3/b15-14-/t19-,20+/m0/s1. The van der Waals surface area contributed by atoms with Gasteiger partial charge in [-0.05, 0) is 39.5 Å². The minimum absolute atomic E-state index is 0.0263. The lowest BCUT2D eigenvalue weighted by Gasteiger charge is -2.26. The molecule has 0 spiro atoms. The van der Waals surface area contributed by atoms with Gasteiger partial charge in [0.15, 0.2) is 0 Å². The zero-order valence-electron chi connectivity index (χ0n) is 17.2. The van der Waals surface area contributed by atoms with Crippen LogP contribution in [0, 0.1) is 0 Å². The monoisotopic (exact) mass is 365 g/mol. The minimum Gasteiger partial charge on any atom is -0.444 e. The molecule has 0 bridgehead atoms. The van der Waals surface area contributed by atoms with Gasteiger partial charge in [0.25, 0.3) is 0 Å². The number of hydrogen-bond acceptors (Lipinski definition) is 3. The summed E-state index contributed by atoms with van der Waals surface area (Å²) in [5.41, 5.74) is -0.525. The fourth-order valence-corrected chi connectivity index (χ4v) is 4.05. The van der Waals surface area contributed by atoms with Crippen LogP contribution in [0.15, 0.2) is 12.2 Å². The highest BCUT2D eigenvalue weighted by Gasteiger charge is 2.53. The summed E-state index contributed by atoms with van der Waals surface area (Å²) in [6, 6.07) is 0.0863. The lowest BCUT2D eigenvalue weighted by Crippen LogP contribution is -2.44. The Kier molecular flexibility index (Phi) is 8.97. The molecule has 2 aliphatic heterocycles. The molecule has 4 heteroatoms. The molecule has 0 aromatic carbocycles. The normalized spacial score (nSPS) is 24.4. The van der Waals surface area contributed by atoms with Crippen molar-refractivity contribution in [3.8, 4) is 0 Å². The smallest absolute Gasteiger partial charge is 0.412 e. The summed E-state index contributed by atoms with van der Waals surface area (Å²) in [5.74, 6) is 0. The van der Waals surface area contributed by atoms with Gasteiger partial charge in [-0.2, -0.15) is 0 Å². The molecular formula is C22H39NO3.